The number of amides is 2. The third-order valence-corrected chi connectivity index (χ3v) is 3.55. The van der Waals surface area contributed by atoms with Gasteiger partial charge >= 0.3 is 5.97 Å². The minimum Gasteiger partial charge on any atom is -0.451 e. The third-order valence-electron chi connectivity index (χ3n) is 3.33. The van der Waals surface area contributed by atoms with Crippen molar-refractivity contribution in [3.05, 3.63) is 58.7 Å². The molecule has 1 heterocycles. The number of aryl methyl sites for hydroxylation is 1. The average Bonchev–Trinajstić information content (AvgIpc) is 2.61. The van der Waals surface area contributed by atoms with Crippen LogP contribution in [0.15, 0.2) is 42.6 Å². The number of nitrogens with one attached hydrogen (secondary N) is 2. The van der Waals surface area contributed by atoms with Crippen molar-refractivity contribution in [2.75, 3.05) is 11.9 Å². The number of halogens is 1. The second-order valence-electron chi connectivity index (χ2n) is 5.54. The van der Waals surface area contributed by atoms with Gasteiger partial charge in [-0.2, -0.15) is 0 Å². The molecule has 0 saturated heterocycles. The van der Waals surface area contributed by atoms with Gasteiger partial charge in [0.05, 0.1) is 5.02 Å². The van der Waals surface area contributed by atoms with E-state index < -0.39 is 23.9 Å². The number of benzene rings is 1. The van der Waals surface area contributed by atoms with Gasteiger partial charge in [0.15, 0.2) is 6.10 Å². The molecule has 0 saturated carbocycles. The summed E-state index contributed by atoms with van der Waals surface area (Å²) in [6, 6.07) is 10.1. The molecule has 136 valence electrons. The number of rotatable bonds is 6. The summed E-state index contributed by atoms with van der Waals surface area (Å²) in [5, 5.41) is 5.39. The van der Waals surface area contributed by atoms with Crippen LogP contribution >= 0.6 is 11.6 Å². The summed E-state index contributed by atoms with van der Waals surface area (Å²) in [5.74, 6) is -1.38. The number of anilines is 1. The van der Waals surface area contributed by atoms with Crippen molar-refractivity contribution in [1.82, 2.24) is 10.3 Å². The molecule has 8 heteroatoms. The van der Waals surface area contributed by atoms with Gasteiger partial charge in [-0.1, -0.05) is 29.3 Å². The van der Waals surface area contributed by atoms with E-state index in [1.165, 1.54) is 19.2 Å². The first-order chi connectivity index (χ1) is 12.3. The van der Waals surface area contributed by atoms with Crippen molar-refractivity contribution in [3.63, 3.8) is 0 Å². The Morgan fingerprint density at radius 1 is 1.23 bits per heavy atom. The number of carbonyl (C=O) groups is 3. The first kappa shape index (κ1) is 19.4. The first-order valence-corrected chi connectivity index (χ1v) is 8.19. The van der Waals surface area contributed by atoms with E-state index in [2.05, 4.69) is 15.6 Å². The summed E-state index contributed by atoms with van der Waals surface area (Å²) in [6.07, 6.45) is 0.338. The zero-order chi connectivity index (χ0) is 19.1. The molecule has 7 nitrogen and oxygen atoms in total. The normalized spacial score (nSPS) is 11.3. The number of carbonyl (C=O) groups excluding carboxylic acids is 3. The van der Waals surface area contributed by atoms with Crippen molar-refractivity contribution in [1.29, 1.82) is 0 Å². The Hall–Kier alpha value is -2.93. The number of nitrogens with zero attached hydrogens (tertiary/aromatic N) is 1. The van der Waals surface area contributed by atoms with Gasteiger partial charge in [0.2, 0.25) is 0 Å². The van der Waals surface area contributed by atoms with E-state index >= 15 is 0 Å². The second kappa shape index (κ2) is 8.96. The molecule has 2 N–H and O–H groups in total. The molecule has 1 aromatic carbocycles. The lowest BCUT2D eigenvalue weighted by Gasteiger charge is -2.13. The summed E-state index contributed by atoms with van der Waals surface area (Å²) < 4.78 is 5.00. The molecule has 2 amide bonds. The van der Waals surface area contributed by atoms with Crippen LogP contribution in [0.3, 0.4) is 0 Å². The number of ether oxygens (including phenoxy) is 1. The number of hydrogen-bond acceptors (Lipinski definition) is 5. The van der Waals surface area contributed by atoms with Crippen molar-refractivity contribution in [2.24, 2.45) is 0 Å². The molecule has 0 aliphatic carbocycles. The van der Waals surface area contributed by atoms with Crippen LogP contribution in [0.1, 0.15) is 22.8 Å². The molecule has 0 bridgehead atoms. The van der Waals surface area contributed by atoms with Crippen LogP contribution in [-0.4, -0.2) is 35.4 Å². The number of hydrogen-bond donors (Lipinski definition) is 2. The van der Waals surface area contributed by atoms with Gasteiger partial charge in [0, 0.05) is 11.8 Å². The molecule has 0 aliphatic rings. The van der Waals surface area contributed by atoms with E-state index in [0.717, 1.165) is 5.56 Å². The standard InChI is InChI=1S/C18H18ClN3O4/c1-11-4-3-5-13(8-11)18(25)21-10-16(23)26-12(2)17(24)22-15-7-6-14(19)9-20-15/h3-9,12H,10H2,1-2H3,(H,21,25)(H,20,22,24)/t12-/m1/s1. The van der Waals surface area contributed by atoms with Crippen LogP contribution in [-0.2, 0) is 14.3 Å². The zero-order valence-electron chi connectivity index (χ0n) is 14.3. The molecule has 0 radical (unpaired) electrons. The predicted octanol–water partition coefficient (Wildman–Crippen LogP) is 2.34. The highest BCUT2D eigenvalue weighted by atomic mass is 35.5. The quantitative estimate of drug-likeness (QED) is 0.755. The van der Waals surface area contributed by atoms with Gasteiger partial charge in [0.1, 0.15) is 12.4 Å². The molecular weight excluding hydrogens is 358 g/mol. The number of pyridine rings is 1. The SMILES string of the molecule is Cc1cccc(C(=O)NCC(=O)O[C@H](C)C(=O)Nc2ccc(Cl)cn2)c1. The van der Waals surface area contributed by atoms with Gasteiger partial charge in [0.25, 0.3) is 11.8 Å². The molecule has 1 atom stereocenters. The van der Waals surface area contributed by atoms with Crippen molar-refractivity contribution in [3.8, 4) is 0 Å². The highest BCUT2D eigenvalue weighted by Gasteiger charge is 2.19. The van der Waals surface area contributed by atoms with Gasteiger partial charge in [-0.25, -0.2) is 4.98 Å². The van der Waals surface area contributed by atoms with Gasteiger partial charge in [-0.3, -0.25) is 14.4 Å². The van der Waals surface area contributed by atoms with Crippen molar-refractivity contribution < 1.29 is 19.1 Å². The predicted molar refractivity (Wildman–Crippen MR) is 96.9 cm³/mol. The van der Waals surface area contributed by atoms with Crippen LogP contribution in [0.2, 0.25) is 5.02 Å². The highest BCUT2D eigenvalue weighted by Crippen LogP contribution is 2.10. The molecule has 2 rings (SSSR count). The van der Waals surface area contributed by atoms with Crippen LogP contribution in [0.5, 0.6) is 0 Å². The van der Waals surface area contributed by atoms with Crippen LogP contribution < -0.4 is 10.6 Å². The third kappa shape index (κ3) is 5.86. The Labute approximate surface area is 155 Å². The van der Waals surface area contributed by atoms with Gasteiger partial charge in [-0.05, 0) is 38.1 Å². The lowest BCUT2D eigenvalue weighted by Crippen LogP contribution is -2.36. The summed E-state index contributed by atoms with van der Waals surface area (Å²) in [4.78, 5) is 39.7. The maximum absolute atomic E-state index is 12.0. The van der Waals surface area contributed by atoms with Crippen molar-refractivity contribution >= 4 is 35.2 Å². The minimum absolute atomic E-state index is 0.287. The molecule has 1 aromatic heterocycles. The summed E-state index contributed by atoms with van der Waals surface area (Å²) in [5.41, 5.74) is 1.37. The van der Waals surface area contributed by atoms with Crippen LogP contribution in [0.25, 0.3) is 0 Å². The summed E-state index contributed by atoms with van der Waals surface area (Å²) >= 11 is 5.71. The van der Waals surface area contributed by atoms with E-state index in [1.807, 2.05) is 13.0 Å². The fourth-order valence-corrected chi connectivity index (χ4v) is 2.12. The Balaban J connectivity index is 1.80. The van der Waals surface area contributed by atoms with Gasteiger partial charge in [-0.15, -0.1) is 0 Å². The zero-order valence-corrected chi connectivity index (χ0v) is 15.0. The number of aromatic nitrogens is 1. The summed E-state index contributed by atoms with van der Waals surface area (Å²) in [6.45, 7) is 2.94. The van der Waals surface area contributed by atoms with E-state index in [-0.39, 0.29) is 12.4 Å². The Kier molecular flexibility index (Phi) is 6.68. The highest BCUT2D eigenvalue weighted by molar-refractivity contribution is 6.30. The van der Waals surface area contributed by atoms with Crippen LogP contribution in [0.4, 0.5) is 5.82 Å². The maximum atomic E-state index is 12.0. The maximum Gasteiger partial charge on any atom is 0.326 e. The fraction of sp³-hybridized carbons (Fsp3) is 0.222. The molecule has 0 unspecified atom stereocenters. The monoisotopic (exact) mass is 375 g/mol. The molecule has 26 heavy (non-hydrogen) atoms. The number of esters is 1. The topological polar surface area (TPSA) is 97.4 Å². The molecular formula is C18H18ClN3O4. The minimum atomic E-state index is -1.05. The Morgan fingerprint density at radius 3 is 2.65 bits per heavy atom. The second-order valence-corrected chi connectivity index (χ2v) is 5.97. The molecule has 2 aromatic rings. The molecule has 0 aliphatic heterocycles. The molecule has 0 fully saturated rings. The fourth-order valence-electron chi connectivity index (χ4n) is 2.01. The van der Waals surface area contributed by atoms with E-state index in [9.17, 15) is 14.4 Å². The van der Waals surface area contributed by atoms with E-state index in [1.54, 1.807) is 24.3 Å². The van der Waals surface area contributed by atoms with Crippen LogP contribution in [0, 0.1) is 6.92 Å². The Bertz CT molecular complexity index is 808. The summed E-state index contributed by atoms with van der Waals surface area (Å²) in [7, 11) is 0. The smallest absolute Gasteiger partial charge is 0.326 e. The lowest BCUT2D eigenvalue weighted by molar-refractivity contribution is -0.152. The average molecular weight is 376 g/mol. The molecule has 0 spiro atoms. The Morgan fingerprint density at radius 2 is 2.00 bits per heavy atom. The van der Waals surface area contributed by atoms with E-state index in [0.29, 0.717) is 10.6 Å². The lowest BCUT2D eigenvalue weighted by atomic mass is 10.1. The largest absolute Gasteiger partial charge is 0.451 e. The first-order valence-electron chi connectivity index (χ1n) is 7.82. The van der Waals surface area contributed by atoms with Gasteiger partial charge < -0.3 is 15.4 Å². The van der Waals surface area contributed by atoms with E-state index in [4.69, 9.17) is 16.3 Å². The van der Waals surface area contributed by atoms with Crippen molar-refractivity contribution in [2.45, 2.75) is 20.0 Å².